The predicted octanol–water partition coefficient (Wildman–Crippen LogP) is 3.72. The first-order valence-electron chi connectivity index (χ1n) is 8.96. The molecule has 3 rings (SSSR count). The van der Waals surface area contributed by atoms with Crippen molar-refractivity contribution in [2.24, 2.45) is 5.92 Å². The number of benzene rings is 1. The highest BCUT2D eigenvalue weighted by Crippen LogP contribution is 2.24. The molecule has 1 fully saturated rings. The number of likely N-dealkylation sites (tertiary alicyclic amines) is 1. The Labute approximate surface area is 151 Å². The van der Waals surface area contributed by atoms with Crippen molar-refractivity contribution in [3.8, 4) is 0 Å². The molecule has 0 radical (unpaired) electrons. The molecule has 2 heterocycles. The summed E-state index contributed by atoms with van der Waals surface area (Å²) in [6.07, 6.45) is 5.07. The molecule has 1 saturated heterocycles. The summed E-state index contributed by atoms with van der Waals surface area (Å²) in [5.74, 6) is -0.224. The first kappa shape index (κ1) is 17.9. The van der Waals surface area contributed by atoms with Crippen LogP contribution in [0.1, 0.15) is 43.5 Å². The van der Waals surface area contributed by atoms with Gasteiger partial charge < -0.3 is 10.0 Å². The standard InChI is InChI=1S/C19H24N2O3S/c22-18(21-12-4-5-14(13-21)10-11-19(23)24)9-3-8-17-20-15-6-1-2-7-16(15)25-17/h1-2,6-7,14H,3-5,8-13H2,(H,23,24). The number of amides is 1. The van der Waals surface area contributed by atoms with Gasteiger partial charge in [0, 0.05) is 25.9 Å². The van der Waals surface area contributed by atoms with Crippen LogP contribution in [0.4, 0.5) is 0 Å². The molecule has 2 aromatic rings. The highest BCUT2D eigenvalue weighted by Gasteiger charge is 2.23. The van der Waals surface area contributed by atoms with Crippen LogP contribution in [0.5, 0.6) is 0 Å². The Kier molecular flexibility index (Phi) is 6.02. The molecule has 1 N–H and O–H groups in total. The fourth-order valence-electron chi connectivity index (χ4n) is 3.43. The molecule has 1 aliphatic rings. The van der Waals surface area contributed by atoms with E-state index in [1.165, 1.54) is 4.70 Å². The van der Waals surface area contributed by atoms with Gasteiger partial charge in [0.2, 0.25) is 5.91 Å². The van der Waals surface area contributed by atoms with Crippen LogP contribution in [-0.2, 0) is 16.0 Å². The van der Waals surface area contributed by atoms with E-state index in [9.17, 15) is 9.59 Å². The van der Waals surface area contributed by atoms with E-state index in [2.05, 4.69) is 11.1 Å². The number of piperidine rings is 1. The summed E-state index contributed by atoms with van der Waals surface area (Å²) >= 11 is 1.70. The summed E-state index contributed by atoms with van der Waals surface area (Å²) in [7, 11) is 0. The zero-order valence-electron chi connectivity index (χ0n) is 14.3. The third-order valence-electron chi connectivity index (χ3n) is 4.76. The van der Waals surface area contributed by atoms with Gasteiger partial charge in [-0.2, -0.15) is 0 Å². The van der Waals surface area contributed by atoms with E-state index >= 15 is 0 Å². The lowest BCUT2D eigenvalue weighted by Crippen LogP contribution is -2.40. The van der Waals surface area contributed by atoms with Gasteiger partial charge in [-0.1, -0.05) is 12.1 Å². The maximum absolute atomic E-state index is 12.4. The van der Waals surface area contributed by atoms with E-state index in [1.807, 2.05) is 23.1 Å². The van der Waals surface area contributed by atoms with Gasteiger partial charge in [0.15, 0.2) is 0 Å². The molecule has 1 aliphatic heterocycles. The number of hydrogen-bond acceptors (Lipinski definition) is 4. The number of carboxylic acids is 1. The van der Waals surface area contributed by atoms with E-state index in [4.69, 9.17) is 5.11 Å². The van der Waals surface area contributed by atoms with Gasteiger partial charge in [0.1, 0.15) is 0 Å². The van der Waals surface area contributed by atoms with E-state index in [0.29, 0.717) is 25.3 Å². The van der Waals surface area contributed by atoms with Crippen molar-refractivity contribution in [3.05, 3.63) is 29.3 Å². The Balaban J connectivity index is 1.44. The lowest BCUT2D eigenvalue weighted by atomic mass is 9.93. The van der Waals surface area contributed by atoms with Crippen LogP contribution in [0.2, 0.25) is 0 Å². The average Bonchev–Trinajstić information content (AvgIpc) is 3.03. The van der Waals surface area contributed by atoms with E-state index < -0.39 is 5.97 Å². The quantitative estimate of drug-likeness (QED) is 0.817. The first-order chi connectivity index (χ1) is 12.1. The number of carbonyl (C=O) groups is 2. The number of thiazole rings is 1. The van der Waals surface area contributed by atoms with Crippen molar-refractivity contribution in [1.29, 1.82) is 0 Å². The molecular weight excluding hydrogens is 336 g/mol. The third-order valence-corrected chi connectivity index (χ3v) is 5.85. The van der Waals surface area contributed by atoms with Crippen LogP contribution in [0, 0.1) is 5.92 Å². The summed E-state index contributed by atoms with van der Waals surface area (Å²) in [5, 5.41) is 9.90. The Hall–Kier alpha value is -1.95. The van der Waals surface area contributed by atoms with Gasteiger partial charge in [-0.15, -0.1) is 11.3 Å². The number of carbonyl (C=O) groups excluding carboxylic acids is 1. The number of hydrogen-bond donors (Lipinski definition) is 1. The minimum absolute atomic E-state index is 0.195. The lowest BCUT2D eigenvalue weighted by Gasteiger charge is -2.32. The predicted molar refractivity (Wildman–Crippen MR) is 98.7 cm³/mol. The van der Waals surface area contributed by atoms with Gasteiger partial charge in [-0.3, -0.25) is 9.59 Å². The molecule has 0 aliphatic carbocycles. The average molecular weight is 360 g/mol. The highest BCUT2D eigenvalue weighted by atomic mass is 32.1. The maximum Gasteiger partial charge on any atom is 0.303 e. The van der Waals surface area contributed by atoms with E-state index in [1.54, 1.807) is 11.3 Å². The molecular formula is C19H24N2O3S. The minimum atomic E-state index is -0.751. The van der Waals surface area contributed by atoms with Crippen molar-refractivity contribution < 1.29 is 14.7 Å². The molecule has 25 heavy (non-hydrogen) atoms. The molecule has 6 heteroatoms. The van der Waals surface area contributed by atoms with Crippen molar-refractivity contribution in [2.75, 3.05) is 13.1 Å². The van der Waals surface area contributed by atoms with Gasteiger partial charge >= 0.3 is 5.97 Å². The molecule has 1 aromatic heterocycles. The zero-order valence-corrected chi connectivity index (χ0v) is 15.1. The molecule has 0 spiro atoms. The second-order valence-electron chi connectivity index (χ2n) is 6.71. The Morgan fingerprint density at radius 2 is 2.12 bits per heavy atom. The topological polar surface area (TPSA) is 70.5 Å². The number of aliphatic carboxylic acids is 1. The van der Waals surface area contributed by atoms with Crippen LogP contribution in [0.25, 0.3) is 10.2 Å². The second kappa shape index (κ2) is 8.43. The number of nitrogens with zero attached hydrogens (tertiary/aromatic N) is 2. The molecule has 1 unspecified atom stereocenters. The number of aromatic nitrogens is 1. The van der Waals surface area contributed by atoms with Crippen LogP contribution in [-0.4, -0.2) is 40.0 Å². The zero-order chi connectivity index (χ0) is 17.6. The molecule has 0 bridgehead atoms. The molecule has 0 saturated carbocycles. The molecule has 134 valence electrons. The van der Waals surface area contributed by atoms with E-state index in [0.717, 1.165) is 42.8 Å². The minimum Gasteiger partial charge on any atom is -0.481 e. The maximum atomic E-state index is 12.4. The lowest BCUT2D eigenvalue weighted by molar-refractivity contribution is -0.137. The van der Waals surface area contributed by atoms with Crippen molar-refractivity contribution >= 4 is 33.4 Å². The van der Waals surface area contributed by atoms with Crippen molar-refractivity contribution in [3.63, 3.8) is 0 Å². The van der Waals surface area contributed by atoms with Crippen LogP contribution in [0.15, 0.2) is 24.3 Å². The smallest absolute Gasteiger partial charge is 0.303 e. The second-order valence-corrected chi connectivity index (χ2v) is 7.82. The Morgan fingerprint density at radius 1 is 1.28 bits per heavy atom. The number of fused-ring (bicyclic) bond motifs is 1. The SMILES string of the molecule is O=C(O)CCC1CCCN(C(=O)CCCc2nc3ccccc3s2)C1. The molecule has 5 nitrogen and oxygen atoms in total. The van der Waals surface area contributed by atoms with Crippen molar-refractivity contribution in [1.82, 2.24) is 9.88 Å². The van der Waals surface area contributed by atoms with Gasteiger partial charge in [0.25, 0.3) is 0 Å². The highest BCUT2D eigenvalue weighted by molar-refractivity contribution is 7.18. The summed E-state index contributed by atoms with van der Waals surface area (Å²) < 4.78 is 1.20. The third kappa shape index (κ3) is 5.01. The fraction of sp³-hybridized carbons (Fsp3) is 0.526. The number of aryl methyl sites for hydroxylation is 1. The Morgan fingerprint density at radius 3 is 2.92 bits per heavy atom. The number of para-hydroxylation sites is 1. The monoisotopic (exact) mass is 360 g/mol. The molecule has 1 atom stereocenters. The number of carboxylic acid groups (broad SMARTS) is 1. The normalized spacial score (nSPS) is 17.8. The number of rotatable bonds is 7. The van der Waals surface area contributed by atoms with Gasteiger partial charge in [-0.05, 0) is 50.2 Å². The first-order valence-corrected chi connectivity index (χ1v) is 9.77. The summed E-state index contributed by atoms with van der Waals surface area (Å²) in [6, 6.07) is 8.11. The van der Waals surface area contributed by atoms with Gasteiger partial charge in [0.05, 0.1) is 15.2 Å². The molecule has 1 amide bonds. The van der Waals surface area contributed by atoms with E-state index in [-0.39, 0.29) is 12.3 Å². The van der Waals surface area contributed by atoms with Crippen molar-refractivity contribution in [2.45, 2.75) is 44.9 Å². The van der Waals surface area contributed by atoms with Crippen LogP contribution in [0.3, 0.4) is 0 Å². The Bertz CT molecular complexity index is 710. The summed E-state index contributed by atoms with van der Waals surface area (Å²) in [4.78, 5) is 29.7. The summed E-state index contributed by atoms with van der Waals surface area (Å²) in [5.41, 5.74) is 1.03. The fourth-order valence-corrected chi connectivity index (χ4v) is 4.44. The molecule has 1 aromatic carbocycles. The van der Waals surface area contributed by atoms with Crippen LogP contribution < -0.4 is 0 Å². The van der Waals surface area contributed by atoms with Gasteiger partial charge in [-0.25, -0.2) is 4.98 Å². The largest absolute Gasteiger partial charge is 0.481 e. The summed E-state index contributed by atoms with van der Waals surface area (Å²) in [6.45, 7) is 1.52. The van der Waals surface area contributed by atoms with Crippen LogP contribution >= 0.6 is 11.3 Å².